The zero-order chi connectivity index (χ0) is 14.7. The van der Waals surface area contributed by atoms with Crippen LogP contribution in [0.2, 0.25) is 0 Å². The number of rotatable bonds is 5. The van der Waals surface area contributed by atoms with Crippen LogP contribution in [0, 0.1) is 5.92 Å². The van der Waals surface area contributed by atoms with Crippen molar-refractivity contribution in [1.82, 2.24) is 19.5 Å². The highest BCUT2D eigenvalue weighted by Gasteiger charge is 2.22. The molecule has 2 aromatic heterocycles. The Hall–Kier alpha value is -2.44. The van der Waals surface area contributed by atoms with E-state index >= 15 is 0 Å². The summed E-state index contributed by atoms with van der Waals surface area (Å²) in [6.07, 6.45) is 6.28. The Morgan fingerprint density at radius 3 is 2.85 bits per heavy atom. The number of carbonyl (C=O) groups excluding carboxylic acids is 1. The van der Waals surface area contributed by atoms with Crippen LogP contribution in [0.4, 0.5) is 0 Å². The summed E-state index contributed by atoms with van der Waals surface area (Å²) in [5.74, 6) is -1.76. The third-order valence-electron chi connectivity index (χ3n) is 3.14. The molecule has 0 aromatic carbocycles. The van der Waals surface area contributed by atoms with E-state index in [1.807, 2.05) is 6.92 Å². The van der Waals surface area contributed by atoms with Gasteiger partial charge >= 0.3 is 5.97 Å². The van der Waals surface area contributed by atoms with Crippen molar-refractivity contribution in [2.45, 2.75) is 13.8 Å². The second-order valence-corrected chi connectivity index (χ2v) is 4.55. The second-order valence-electron chi connectivity index (χ2n) is 4.55. The molecular weight excluding hydrogens is 260 g/mol. The lowest BCUT2D eigenvalue weighted by Crippen LogP contribution is -2.36. The molecule has 0 radical (unpaired) electrons. The fourth-order valence-corrected chi connectivity index (χ4v) is 1.93. The molecule has 2 aromatic rings. The second kappa shape index (κ2) is 5.68. The van der Waals surface area contributed by atoms with Crippen molar-refractivity contribution in [3.63, 3.8) is 0 Å². The maximum absolute atomic E-state index is 12.5. The molecule has 106 valence electrons. The number of hydrogen-bond donors (Lipinski definition) is 1. The number of carboxylic acid groups (broad SMARTS) is 1. The van der Waals surface area contributed by atoms with Gasteiger partial charge in [-0.05, 0) is 6.92 Å². The number of hydrogen-bond acceptors (Lipinski definition) is 4. The highest BCUT2D eigenvalue weighted by molar-refractivity contribution is 6.00. The lowest BCUT2D eigenvalue weighted by molar-refractivity contribution is -0.141. The molecule has 1 amide bonds. The predicted octanol–water partition coefficient (Wildman–Crippen LogP) is 0.912. The van der Waals surface area contributed by atoms with E-state index in [0.29, 0.717) is 17.6 Å². The summed E-state index contributed by atoms with van der Waals surface area (Å²) in [5.41, 5.74) is 1.04. The van der Waals surface area contributed by atoms with Crippen molar-refractivity contribution in [2.75, 3.05) is 13.1 Å². The summed E-state index contributed by atoms with van der Waals surface area (Å²) in [6, 6.07) is 0. The molecule has 1 unspecified atom stereocenters. The molecule has 2 heterocycles. The van der Waals surface area contributed by atoms with Gasteiger partial charge in [0.25, 0.3) is 5.91 Å². The summed E-state index contributed by atoms with van der Waals surface area (Å²) >= 11 is 0. The lowest BCUT2D eigenvalue weighted by Gasteiger charge is -2.22. The van der Waals surface area contributed by atoms with Crippen molar-refractivity contribution in [3.05, 3.63) is 30.4 Å². The van der Waals surface area contributed by atoms with Gasteiger partial charge in [0.2, 0.25) is 0 Å². The van der Waals surface area contributed by atoms with Crippen molar-refractivity contribution in [2.24, 2.45) is 5.92 Å². The molecular formula is C13H16N4O3. The summed E-state index contributed by atoms with van der Waals surface area (Å²) in [7, 11) is 0. The molecule has 2 rings (SSSR count). The van der Waals surface area contributed by atoms with E-state index in [1.165, 1.54) is 11.1 Å². The quantitative estimate of drug-likeness (QED) is 0.877. The molecule has 1 atom stereocenters. The molecule has 0 bridgehead atoms. The fourth-order valence-electron chi connectivity index (χ4n) is 1.93. The smallest absolute Gasteiger partial charge is 0.308 e. The molecule has 0 aliphatic rings. The van der Waals surface area contributed by atoms with Crippen molar-refractivity contribution >= 4 is 17.4 Å². The number of carbonyl (C=O) groups is 2. The Morgan fingerprint density at radius 2 is 2.20 bits per heavy atom. The monoisotopic (exact) mass is 276 g/mol. The van der Waals surface area contributed by atoms with Crippen LogP contribution in [-0.2, 0) is 4.79 Å². The van der Waals surface area contributed by atoms with Crippen LogP contribution in [0.3, 0.4) is 0 Å². The number of nitrogens with zero attached hydrogens (tertiary/aromatic N) is 4. The lowest BCUT2D eigenvalue weighted by atomic mass is 10.1. The summed E-state index contributed by atoms with van der Waals surface area (Å²) < 4.78 is 1.56. The summed E-state index contributed by atoms with van der Waals surface area (Å²) in [6.45, 7) is 4.00. The van der Waals surface area contributed by atoms with E-state index in [2.05, 4.69) is 10.1 Å². The number of aromatic nitrogens is 3. The largest absolute Gasteiger partial charge is 0.481 e. The Bertz CT molecular complexity index is 637. The van der Waals surface area contributed by atoms with Crippen LogP contribution in [0.25, 0.3) is 5.52 Å². The van der Waals surface area contributed by atoms with Crippen LogP contribution in [0.1, 0.15) is 24.2 Å². The minimum atomic E-state index is -0.919. The highest BCUT2D eigenvalue weighted by atomic mass is 16.4. The number of fused-ring (bicyclic) bond motifs is 1. The van der Waals surface area contributed by atoms with Crippen molar-refractivity contribution in [3.8, 4) is 0 Å². The van der Waals surface area contributed by atoms with Gasteiger partial charge in [-0.25, -0.2) is 4.52 Å². The number of carboxylic acids is 1. The summed E-state index contributed by atoms with van der Waals surface area (Å²) in [4.78, 5) is 28.8. The number of aliphatic carboxylic acids is 1. The first-order valence-electron chi connectivity index (χ1n) is 6.34. The minimum absolute atomic E-state index is 0.169. The van der Waals surface area contributed by atoms with Crippen LogP contribution in [0.5, 0.6) is 0 Å². The molecule has 1 N–H and O–H groups in total. The van der Waals surface area contributed by atoms with E-state index in [1.54, 1.807) is 30.0 Å². The van der Waals surface area contributed by atoms with Gasteiger partial charge in [0, 0.05) is 25.5 Å². The average Bonchev–Trinajstić information content (AvgIpc) is 2.87. The van der Waals surface area contributed by atoms with E-state index in [0.717, 1.165) is 0 Å². The van der Waals surface area contributed by atoms with Gasteiger partial charge in [-0.1, -0.05) is 6.92 Å². The molecule has 0 spiro atoms. The molecule has 0 aliphatic heterocycles. The van der Waals surface area contributed by atoms with Gasteiger partial charge in [0.1, 0.15) is 0 Å². The van der Waals surface area contributed by atoms with Crippen molar-refractivity contribution in [1.29, 1.82) is 0 Å². The van der Waals surface area contributed by atoms with E-state index in [4.69, 9.17) is 5.11 Å². The summed E-state index contributed by atoms with van der Waals surface area (Å²) in [5, 5.41) is 13.0. The Balaban J connectivity index is 2.26. The van der Waals surface area contributed by atoms with E-state index in [9.17, 15) is 9.59 Å². The first kappa shape index (κ1) is 14.0. The third-order valence-corrected chi connectivity index (χ3v) is 3.14. The zero-order valence-electron chi connectivity index (χ0n) is 11.4. The Labute approximate surface area is 115 Å². The molecule has 0 saturated heterocycles. The van der Waals surface area contributed by atoms with Crippen LogP contribution >= 0.6 is 0 Å². The minimum Gasteiger partial charge on any atom is -0.481 e. The SMILES string of the molecule is CCN(CC(C)C(=O)O)C(=O)c1cnn2ccncc12. The van der Waals surface area contributed by atoms with Gasteiger partial charge in [-0.2, -0.15) is 5.10 Å². The molecule has 0 saturated carbocycles. The maximum atomic E-state index is 12.5. The molecule has 7 heteroatoms. The van der Waals surface area contributed by atoms with Crippen molar-refractivity contribution < 1.29 is 14.7 Å². The molecule has 0 fully saturated rings. The van der Waals surface area contributed by atoms with E-state index < -0.39 is 11.9 Å². The number of amides is 1. The Morgan fingerprint density at radius 1 is 1.45 bits per heavy atom. The normalized spacial score (nSPS) is 12.3. The van der Waals surface area contributed by atoms with Gasteiger partial charge in [0.05, 0.1) is 29.4 Å². The first-order valence-corrected chi connectivity index (χ1v) is 6.34. The Kier molecular flexibility index (Phi) is 3.97. The van der Waals surface area contributed by atoms with Crippen LogP contribution in [0.15, 0.2) is 24.8 Å². The highest BCUT2D eigenvalue weighted by Crippen LogP contribution is 2.13. The van der Waals surface area contributed by atoms with Gasteiger partial charge in [-0.3, -0.25) is 14.6 Å². The average molecular weight is 276 g/mol. The maximum Gasteiger partial charge on any atom is 0.308 e. The van der Waals surface area contributed by atoms with Crippen LogP contribution in [-0.4, -0.2) is 49.6 Å². The standard InChI is InChI=1S/C13H16N4O3/c1-3-16(8-9(2)13(19)20)12(18)10-6-15-17-5-4-14-7-11(10)17/h4-7,9H,3,8H2,1-2H3,(H,19,20). The fraction of sp³-hybridized carbons (Fsp3) is 0.385. The predicted molar refractivity (Wildman–Crippen MR) is 71.4 cm³/mol. The molecule has 7 nitrogen and oxygen atoms in total. The van der Waals surface area contributed by atoms with Crippen LogP contribution < -0.4 is 0 Å². The van der Waals surface area contributed by atoms with Gasteiger partial charge in [-0.15, -0.1) is 0 Å². The zero-order valence-corrected chi connectivity index (χ0v) is 11.4. The van der Waals surface area contributed by atoms with E-state index in [-0.39, 0.29) is 12.5 Å². The molecule has 20 heavy (non-hydrogen) atoms. The third kappa shape index (κ3) is 2.61. The van der Waals surface area contributed by atoms with Gasteiger partial charge < -0.3 is 10.0 Å². The first-order chi connectivity index (χ1) is 9.54. The van der Waals surface area contributed by atoms with Gasteiger partial charge in [0.15, 0.2) is 0 Å². The molecule has 0 aliphatic carbocycles. The topological polar surface area (TPSA) is 87.8 Å².